The molecule has 0 spiro atoms. The molecule has 0 aliphatic heterocycles. The molecular formula is C13H12O5. The summed E-state index contributed by atoms with van der Waals surface area (Å²) in [6.45, 7) is 1.67. The first-order valence-corrected chi connectivity index (χ1v) is 5.51. The summed E-state index contributed by atoms with van der Waals surface area (Å²) in [7, 11) is 0. The number of Topliss-reactive ketones (excluding diaryl/α,β-unsaturated/α-hetero) is 1. The predicted molar refractivity (Wildman–Crippen MR) is 62.8 cm³/mol. The standard InChI is InChI=1S/C13H12O5/c1-2-7(14)6-5-10(17)11-8(15)3-4-9(16)12(11)13(6)18/h3-5,7,14-16H,2H2,1H3. The molecule has 1 unspecified atom stereocenters. The molecule has 1 aliphatic carbocycles. The van der Waals surface area contributed by atoms with Gasteiger partial charge in [0.25, 0.3) is 0 Å². The number of allylic oxidation sites excluding steroid dienone is 1. The van der Waals surface area contributed by atoms with Crippen LogP contribution in [-0.2, 0) is 0 Å². The van der Waals surface area contributed by atoms with Crippen molar-refractivity contribution in [2.24, 2.45) is 0 Å². The lowest BCUT2D eigenvalue weighted by molar-refractivity contribution is 0.0940. The topological polar surface area (TPSA) is 94.8 Å². The Kier molecular flexibility index (Phi) is 2.92. The number of aliphatic hydroxyl groups is 1. The fraction of sp³-hybridized carbons (Fsp3) is 0.231. The Morgan fingerprint density at radius 3 is 2.22 bits per heavy atom. The molecule has 2 rings (SSSR count). The summed E-state index contributed by atoms with van der Waals surface area (Å²) >= 11 is 0. The zero-order valence-electron chi connectivity index (χ0n) is 9.67. The van der Waals surface area contributed by atoms with E-state index in [1.165, 1.54) is 0 Å². The van der Waals surface area contributed by atoms with E-state index in [1.54, 1.807) is 6.92 Å². The lowest BCUT2D eigenvalue weighted by Crippen LogP contribution is -2.24. The van der Waals surface area contributed by atoms with Crippen molar-refractivity contribution in [2.45, 2.75) is 19.4 Å². The molecule has 0 saturated carbocycles. The normalized spacial score (nSPS) is 16.2. The van der Waals surface area contributed by atoms with Crippen LogP contribution in [0.3, 0.4) is 0 Å². The van der Waals surface area contributed by atoms with Crippen molar-refractivity contribution in [1.82, 2.24) is 0 Å². The van der Waals surface area contributed by atoms with Crippen molar-refractivity contribution in [1.29, 1.82) is 0 Å². The summed E-state index contributed by atoms with van der Waals surface area (Å²) in [5.41, 5.74) is -0.520. The number of carbonyl (C=O) groups excluding carboxylic acids is 2. The lowest BCUT2D eigenvalue weighted by Gasteiger charge is -2.19. The number of phenolic OH excluding ortho intramolecular Hbond substituents is 2. The molecule has 3 N–H and O–H groups in total. The van der Waals surface area contributed by atoms with E-state index >= 15 is 0 Å². The Hall–Kier alpha value is -2.14. The minimum Gasteiger partial charge on any atom is -0.507 e. The molecule has 0 bridgehead atoms. The number of benzene rings is 1. The number of fused-ring (bicyclic) bond motifs is 1. The molecular weight excluding hydrogens is 236 g/mol. The maximum Gasteiger partial charge on any atom is 0.196 e. The fourth-order valence-corrected chi connectivity index (χ4v) is 1.95. The van der Waals surface area contributed by atoms with E-state index in [0.29, 0.717) is 0 Å². The highest BCUT2D eigenvalue weighted by Crippen LogP contribution is 2.35. The van der Waals surface area contributed by atoms with Gasteiger partial charge in [-0.15, -0.1) is 0 Å². The van der Waals surface area contributed by atoms with Gasteiger partial charge in [-0.2, -0.15) is 0 Å². The van der Waals surface area contributed by atoms with Crippen molar-refractivity contribution in [3.05, 3.63) is 34.9 Å². The highest BCUT2D eigenvalue weighted by Gasteiger charge is 2.33. The Labute approximate surface area is 103 Å². The second kappa shape index (κ2) is 4.27. The number of ketones is 2. The van der Waals surface area contributed by atoms with Gasteiger partial charge in [0.1, 0.15) is 11.5 Å². The largest absolute Gasteiger partial charge is 0.507 e. The van der Waals surface area contributed by atoms with Gasteiger partial charge in [0.15, 0.2) is 11.6 Å². The lowest BCUT2D eigenvalue weighted by atomic mass is 9.85. The van der Waals surface area contributed by atoms with Gasteiger partial charge in [-0.3, -0.25) is 9.59 Å². The number of phenols is 2. The monoisotopic (exact) mass is 248 g/mol. The number of hydrogen-bond acceptors (Lipinski definition) is 5. The Balaban J connectivity index is 2.65. The SMILES string of the molecule is CCC(O)C1=CC(=O)c2c(O)ccc(O)c2C1=O. The molecule has 0 aromatic heterocycles. The van der Waals surface area contributed by atoms with Crippen LogP contribution in [0.4, 0.5) is 0 Å². The highest BCUT2D eigenvalue weighted by molar-refractivity contribution is 6.26. The molecule has 5 heteroatoms. The van der Waals surface area contributed by atoms with E-state index in [1.807, 2.05) is 0 Å². The van der Waals surface area contributed by atoms with Crippen LogP contribution >= 0.6 is 0 Å². The second-order valence-electron chi connectivity index (χ2n) is 4.07. The molecule has 5 nitrogen and oxygen atoms in total. The summed E-state index contributed by atoms with van der Waals surface area (Å²) in [5, 5.41) is 28.9. The predicted octanol–water partition coefficient (Wildman–Crippen LogP) is 1.17. The molecule has 18 heavy (non-hydrogen) atoms. The first-order chi connectivity index (χ1) is 8.47. The summed E-state index contributed by atoms with van der Waals surface area (Å²) in [4.78, 5) is 23.9. The van der Waals surface area contributed by atoms with Gasteiger partial charge in [-0.25, -0.2) is 0 Å². The van der Waals surface area contributed by atoms with Crippen LogP contribution in [0.1, 0.15) is 34.1 Å². The van der Waals surface area contributed by atoms with Crippen molar-refractivity contribution in [2.75, 3.05) is 0 Å². The third-order valence-corrected chi connectivity index (χ3v) is 2.93. The van der Waals surface area contributed by atoms with Crippen molar-refractivity contribution < 1.29 is 24.9 Å². The van der Waals surface area contributed by atoms with Gasteiger partial charge in [0.05, 0.1) is 17.2 Å². The highest BCUT2D eigenvalue weighted by atomic mass is 16.3. The maximum absolute atomic E-state index is 12.1. The molecule has 0 heterocycles. The smallest absolute Gasteiger partial charge is 0.196 e. The molecule has 0 fully saturated rings. The van der Waals surface area contributed by atoms with E-state index in [2.05, 4.69) is 0 Å². The number of rotatable bonds is 2. The van der Waals surface area contributed by atoms with Crippen LogP contribution in [0.15, 0.2) is 23.8 Å². The number of aromatic hydroxyl groups is 2. The minimum atomic E-state index is -1.06. The van der Waals surface area contributed by atoms with E-state index in [0.717, 1.165) is 18.2 Å². The molecule has 0 radical (unpaired) electrons. The zero-order chi connectivity index (χ0) is 13.4. The molecule has 0 saturated heterocycles. The van der Waals surface area contributed by atoms with Crippen LogP contribution < -0.4 is 0 Å². The molecule has 1 aromatic rings. The number of aliphatic hydroxyl groups excluding tert-OH is 1. The molecule has 94 valence electrons. The summed E-state index contributed by atoms with van der Waals surface area (Å²) in [6.07, 6.45) is 0.231. The Morgan fingerprint density at radius 2 is 1.67 bits per heavy atom. The number of carbonyl (C=O) groups is 2. The van der Waals surface area contributed by atoms with Gasteiger partial charge in [-0.1, -0.05) is 6.92 Å². The van der Waals surface area contributed by atoms with Crippen LogP contribution in [0.2, 0.25) is 0 Å². The Morgan fingerprint density at radius 1 is 1.11 bits per heavy atom. The Bertz CT molecular complexity index is 571. The van der Waals surface area contributed by atoms with Crippen molar-refractivity contribution in [3.8, 4) is 11.5 Å². The number of hydrogen-bond donors (Lipinski definition) is 3. The van der Waals surface area contributed by atoms with E-state index < -0.39 is 17.7 Å². The van der Waals surface area contributed by atoms with Gasteiger partial charge < -0.3 is 15.3 Å². The van der Waals surface area contributed by atoms with Crippen molar-refractivity contribution in [3.63, 3.8) is 0 Å². The summed E-state index contributed by atoms with van der Waals surface area (Å²) in [5.74, 6) is -1.97. The van der Waals surface area contributed by atoms with Crippen LogP contribution in [0.5, 0.6) is 11.5 Å². The summed E-state index contributed by atoms with van der Waals surface area (Å²) in [6, 6.07) is 2.29. The van der Waals surface area contributed by atoms with Crippen molar-refractivity contribution >= 4 is 11.6 Å². The van der Waals surface area contributed by atoms with Gasteiger partial charge in [0, 0.05) is 5.57 Å². The van der Waals surface area contributed by atoms with Gasteiger partial charge >= 0.3 is 0 Å². The van der Waals surface area contributed by atoms with Crippen LogP contribution in [0, 0.1) is 0 Å². The summed E-state index contributed by atoms with van der Waals surface area (Å²) < 4.78 is 0. The van der Waals surface area contributed by atoms with Gasteiger partial charge in [-0.05, 0) is 24.6 Å². The van der Waals surface area contributed by atoms with E-state index in [4.69, 9.17) is 0 Å². The first-order valence-electron chi connectivity index (χ1n) is 5.51. The molecule has 1 aromatic carbocycles. The van der Waals surface area contributed by atoms with E-state index in [9.17, 15) is 24.9 Å². The van der Waals surface area contributed by atoms with E-state index in [-0.39, 0.29) is 34.6 Å². The zero-order valence-corrected chi connectivity index (χ0v) is 9.67. The third kappa shape index (κ3) is 1.69. The molecule has 0 amide bonds. The average molecular weight is 248 g/mol. The molecule has 1 atom stereocenters. The first kappa shape index (κ1) is 12.3. The average Bonchev–Trinajstić information content (AvgIpc) is 2.35. The third-order valence-electron chi connectivity index (χ3n) is 2.93. The maximum atomic E-state index is 12.1. The minimum absolute atomic E-state index is 0.0594. The van der Waals surface area contributed by atoms with Crippen LogP contribution in [0.25, 0.3) is 0 Å². The van der Waals surface area contributed by atoms with Gasteiger partial charge in [0.2, 0.25) is 0 Å². The molecule has 1 aliphatic rings. The second-order valence-corrected chi connectivity index (χ2v) is 4.07. The fourth-order valence-electron chi connectivity index (χ4n) is 1.95. The quantitative estimate of drug-likeness (QED) is 0.683. The van der Waals surface area contributed by atoms with Crippen LogP contribution in [-0.4, -0.2) is 33.0 Å².